The molecule has 5 nitrogen and oxygen atoms in total. The summed E-state index contributed by atoms with van der Waals surface area (Å²) in [4.78, 5) is 25.6. The monoisotopic (exact) mass is 327 g/mol. The lowest BCUT2D eigenvalue weighted by Gasteiger charge is -2.26. The van der Waals surface area contributed by atoms with E-state index in [4.69, 9.17) is 9.47 Å². The van der Waals surface area contributed by atoms with Gasteiger partial charge in [0.15, 0.2) is 11.6 Å². The van der Waals surface area contributed by atoms with E-state index in [-0.39, 0.29) is 17.8 Å². The zero-order valence-electron chi connectivity index (χ0n) is 13.7. The average molecular weight is 327 g/mol. The average Bonchev–Trinajstić information content (AvgIpc) is 2.71. The summed E-state index contributed by atoms with van der Waals surface area (Å²) in [6, 6.07) is 1.81. The molecule has 0 fully saturated rings. The fourth-order valence-electron chi connectivity index (χ4n) is 2.57. The Balaban J connectivity index is 2.53. The van der Waals surface area contributed by atoms with Gasteiger partial charge in [0.1, 0.15) is 11.0 Å². The molecule has 1 atom stereocenters. The Labute approximate surface area is 133 Å². The fourth-order valence-corrected chi connectivity index (χ4v) is 2.57. The van der Waals surface area contributed by atoms with Crippen molar-refractivity contribution in [1.82, 2.24) is 0 Å². The van der Waals surface area contributed by atoms with E-state index in [0.29, 0.717) is 0 Å². The lowest BCUT2D eigenvalue weighted by Crippen LogP contribution is -2.42. The smallest absolute Gasteiger partial charge is 0.414 e. The first-order valence-corrected chi connectivity index (χ1v) is 7.08. The summed E-state index contributed by atoms with van der Waals surface area (Å²) in [5.41, 5.74) is -1.77. The summed E-state index contributed by atoms with van der Waals surface area (Å²) in [5.74, 6) is -2.84. The molecule has 0 saturated heterocycles. The Hall–Kier alpha value is -2.18. The van der Waals surface area contributed by atoms with E-state index in [2.05, 4.69) is 0 Å². The van der Waals surface area contributed by atoms with Crippen LogP contribution in [0.2, 0.25) is 0 Å². The van der Waals surface area contributed by atoms with Gasteiger partial charge in [-0.2, -0.15) is 0 Å². The topological polar surface area (TPSA) is 55.8 Å². The number of hydrogen-bond donors (Lipinski definition) is 0. The Morgan fingerprint density at radius 1 is 1.22 bits per heavy atom. The Morgan fingerprint density at radius 3 is 2.30 bits per heavy atom. The molecule has 1 amide bonds. The lowest BCUT2D eigenvalue weighted by atomic mass is 9.84. The van der Waals surface area contributed by atoms with Gasteiger partial charge in [-0.25, -0.2) is 13.6 Å². The zero-order valence-corrected chi connectivity index (χ0v) is 13.7. The van der Waals surface area contributed by atoms with Crippen molar-refractivity contribution in [1.29, 1.82) is 0 Å². The number of rotatable bonds is 1. The van der Waals surface area contributed by atoms with Crippen molar-refractivity contribution in [2.24, 2.45) is 0 Å². The number of esters is 1. The number of nitrogens with zero attached hydrogens (tertiary/aromatic N) is 1. The third kappa shape index (κ3) is 3.00. The van der Waals surface area contributed by atoms with Crippen LogP contribution < -0.4 is 4.90 Å². The molecule has 1 heterocycles. The van der Waals surface area contributed by atoms with Crippen molar-refractivity contribution in [2.75, 3.05) is 18.6 Å². The van der Waals surface area contributed by atoms with Crippen LogP contribution >= 0.6 is 0 Å². The Bertz CT molecular complexity index is 669. The van der Waals surface area contributed by atoms with E-state index >= 15 is 0 Å². The van der Waals surface area contributed by atoms with Gasteiger partial charge in [-0.05, 0) is 39.3 Å². The van der Waals surface area contributed by atoms with Crippen molar-refractivity contribution in [3.05, 3.63) is 29.3 Å². The molecule has 0 radical (unpaired) electrons. The van der Waals surface area contributed by atoms with Crippen LogP contribution in [0.25, 0.3) is 0 Å². The van der Waals surface area contributed by atoms with Gasteiger partial charge in [0, 0.05) is 12.6 Å². The molecule has 1 unspecified atom stereocenters. The highest BCUT2D eigenvalue weighted by Gasteiger charge is 2.49. The molecule has 126 valence electrons. The van der Waals surface area contributed by atoms with E-state index in [1.165, 1.54) is 14.0 Å². The minimum Gasteiger partial charge on any atom is -0.468 e. The summed E-state index contributed by atoms with van der Waals surface area (Å²) in [6.07, 6.45) is -0.739. The number of hydrogen-bond acceptors (Lipinski definition) is 4. The maximum absolute atomic E-state index is 13.6. The van der Waals surface area contributed by atoms with Crippen molar-refractivity contribution >= 4 is 17.7 Å². The lowest BCUT2D eigenvalue weighted by molar-refractivity contribution is -0.146. The van der Waals surface area contributed by atoms with Crippen LogP contribution in [0.5, 0.6) is 0 Å². The number of halogens is 2. The van der Waals surface area contributed by atoms with E-state index < -0.39 is 34.7 Å². The van der Waals surface area contributed by atoms with Crippen LogP contribution in [-0.2, 0) is 19.7 Å². The molecule has 0 bridgehead atoms. The number of ether oxygens (including phenoxy) is 2. The first-order chi connectivity index (χ1) is 10.5. The third-order valence-corrected chi connectivity index (χ3v) is 3.65. The van der Waals surface area contributed by atoms with Crippen molar-refractivity contribution in [3.63, 3.8) is 0 Å². The molecule has 1 aliphatic heterocycles. The number of benzene rings is 1. The number of fused-ring (bicyclic) bond motifs is 1. The molecular weight excluding hydrogens is 308 g/mol. The van der Waals surface area contributed by atoms with Gasteiger partial charge in [-0.1, -0.05) is 0 Å². The highest BCUT2D eigenvalue weighted by Crippen LogP contribution is 2.43. The predicted molar refractivity (Wildman–Crippen MR) is 79.3 cm³/mol. The second-order valence-corrected chi connectivity index (χ2v) is 6.67. The van der Waals surface area contributed by atoms with E-state index in [1.807, 2.05) is 0 Å². The van der Waals surface area contributed by atoms with Gasteiger partial charge in [0.05, 0.1) is 12.8 Å². The van der Waals surface area contributed by atoms with Crippen LogP contribution in [-0.4, -0.2) is 31.3 Å². The number of anilines is 1. The van der Waals surface area contributed by atoms with Gasteiger partial charge in [0.25, 0.3) is 0 Å². The standard InChI is InChI=1S/C16H19F2NO4/c1-15(2,3)23-14(21)19-8-16(4,13(20)22-5)9-6-10(17)11(18)7-12(9)19/h6-7H,8H2,1-5H3. The second kappa shape index (κ2) is 5.47. The van der Waals surface area contributed by atoms with Crippen molar-refractivity contribution in [3.8, 4) is 0 Å². The van der Waals surface area contributed by atoms with Gasteiger partial charge in [0.2, 0.25) is 0 Å². The molecule has 23 heavy (non-hydrogen) atoms. The minimum atomic E-state index is -1.30. The Morgan fingerprint density at radius 2 is 1.78 bits per heavy atom. The van der Waals surface area contributed by atoms with Gasteiger partial charge in [-0.15, -0.1) is 0 Å². The van der Waals surface area contributed by atoms with Gasteiger partial charge in [-0.3, -0.25) is 9.69 Å². The van der Waals surface area contributed by atoms with Crippen LogP contribution in [0.1, 0.15) is 33.3 Å². The number of methoxy groups -OCH3 is 1. The molecule has 0 aliphatic carbocycles. The molecule has 1 aromatic rings. The zero-order chi connectivity index (χ0) is 17.6. The van der Waals surface area contributed by atoms with Crippen molar-refractivity contribution in [2.45, 2.75) is 38.7 Å². The quantitative estimate of drug-likeness (QED) is 0.744. The fraction of sp³-hybridized carbons (Fsp3) is 0.500. The normalized spacial score (nSPS) is 20.2. The SMILES string of the molecule is COC(=O)C1(C)CN(C(=O)OC(C)(C)C)c2cc(F)c(F)cc21. The third-order valence-electron chi connectivity index (χ3n) is 3.65. The van der Waals surface area contributed by atoms with Crippen LogP contribution in [0.3, 0.4) is 0 Å². The number of carbonyl (C=O) groups excluding carboxylic acids is 2. The molecule has 0 N–H and O–H groups in total. The highest BCUT2D eigenvalue weighted by molar-refractivity contribution is 5.98. The second-order valence-electron chi connectivity index (χ2n) is 6.67. The molecule has 0 aromatic heterocycles. The summed E-state index contributed by atoms with van der Waals surface area (Å²) >= 11 is 0. The molecule has 0 spiro atoms. The largest absolute Gasteiger partial charge is 0.468 e. The summed E-state index contributed by atoms with van der Waals surface area (Å²) in [7, 11) is 1.20. The number of carbonyl (C=O) groups is 2. The van der Waals surface area contributed by atoms with Crippen LogP contribution in [0.15, 0.2) is 12.1 Å². The summed E-state index contributed by atoms with van der Waals surface area (Å²) in [6.45, 7) is 6.46. The summed E-state index contributed by atoms with van der Waals surface area (Å²) in [5, 5.41) is 0. The minimum absolute atomic E-state index is 0.103. The molecule has 1 aliphatic rings. The Kier molecular flexibility index (Phi) is 4.09. The number of amides is 1. The highest BCUT2D eigenvalue weighted by atomic mass is 19.2. The van der Waals surface area contributed by atoms with Crippen molar-refractivity contribution < 1.29 is 27.8 Å². The van der Waals surface area contributed by atoms with Crippen LogP contribution in [0.4, 0.5) is 19.3 Å². The van der Waals surface area contributed by atoms with E-state index in [0.717, 1.165) is 17.0 Å². The van der Waals surface area contributed by atoms with Crippen LogP contribution in [0, 0.1) is 11.6 Å². The summed E-state index contributed by atoms with van der Waals surface area (Å²) < 4.78 is 37.3. The maximum atomic E-state index is 13.6. The molecule has 1 aromatic carbocycles. The molecular formula is C16H19F2NO4. The predicted octanol–water partition coefficient (Wildman–Crippen LogP) is 3.15. The maximum Gasteiger partial charge on any atom is 0.414 e. The first-order valence-electron chi connectivity index (χ1n) is 7.08. The first kappa shape index (κ1) is 17.2. The molecule has 7 heteroatoms. The van der Waals surface area contributed by atoms with E-state index in [1.54, 1.807) is 20.8 Å². The van der Waals surface area contributed by atoms with Gasteiger partial charge >= 0.3 is 12.1 Å². The van der Waals surface area contributed by atoms with Gasteiger partial charge < -0.3 is 9.47 Å². The van der Waals surface area contributed by atoms with E-state index in [9.17, 15) is 18.4 Å². The molecule has 2 rings (SSSR count). The molecule has 0 saturated carbocycles.